The first-order valence-corrected chi connectivity index (χ1v) is 9.03. The third-order valence-corrected chi connectivity index (χ3v) is 3.70. The number of amides is 1. The molecule has 0 aliphatic heterocycles. The fourth-order valence-electron chi connectivity index (χ4n) is 1.62. The molecule has 0 aliphatic carbocycles. The Labute approximate surface area is 126 Å². The van der Waals surface area contributed by atoms with Gasteiger partial charge >= 0.3 is 0 Å². The largest absolute Gasteiger partial charge is 0.492 e. The van der Waals surface area contributed by atoms with Crippen LogP contribution in [0.3, 0.4) is 0 Å². The first-order chi connectivity index (χ1) is 9.76. The molecule has 0 radical (unpaired) electrons. The number of hydrogen-bond acceptors (Lipinski definition) is 4. The molecular formula is C15H23NO4S. The molecule has 0 aromatic heterocycles. The molecule has 0 fully saturated rings. The van der Waals surface area contributed by atoms with Gasteiger partial charge in [0.1, 0.15) is 12.4 Å². The monoisotopic (exact) mass is 313 g/mol. The minimum absolute atomic E-state index is 0.0298. The molecule has 0 spiro atoms. The molecule has 6 heteroatoms. The van der Waals surface area contributed by atoms with E-state index < -0.39 is 9.84 Å². The maximum absolute atomic E-state index is 11.7. The minimum atomic E-state index is -3.03. The van der Waals surface area contributed by atoms with Gasteiger partial charge in [0.05, 0.1) is 5.75 Å². The van der Waals surface area contributed by atoms with Crippen LogP contribution in [-0.2, 0) is 14.6 Å². The van der Waals surface area contributed by atoms with E-state index in [4.69, 9.17) is 4.74 Å². The summed E-state index contributed by atoms with van der Waals surface area (Å²) >= 11 is 0. The number of sulfone groups is 1. The van der Waals surface area contributed by atoms with Crippen molar-refractivity contribution in [1.29, 1.82) is 0 Å². The van der Waals surface area contributed by atoms with Crippen molar-refractivity contribution in [3.05, 3.63) is 24.3 Å². The van der Waals surface area contributed by atoms with Crippen LogP contribution in [0.1, 0.15) is 26.7 Å². The number of carbonyl (C=O) groups is 1. The Morgan fingerprint density at radius 2 is 2.05 bits per heavy atom. The van der Waals surface area contributed by atoms with Crippen LogP contribution in [0.25, 0.3) is 0 Å². The maximum atomic E-state index is 11.7. The minimum Gasteiger partial charge on any atom is -0.492 e. The predicted molar refractivity (Wildman–Crippen MR) is 84.3 cm³/mol. The molecule has 1 aromatic rings. The molecule has 0 bridgehead atoms. The first kappa shape index (κ1) is 17.5. The predicted octanol–water partition coefficient (Wildman–Crippen LogP) is 2.48. The lowest BCUT2D eigenvalue weighted by molar-refractivity contribution is -0.116. The highest BCUT2D eigenvalue weighted by Crippen LogP contribution is 2.18. The van der Waals surface area contributed by atoms with Gasteiger partial charge in [-0.3, -0.25) is 4.79 Å². The van der Waals surface area contributed by atoms with Gasteiger partial charge in [-0.2, -0.15) is 0 Å². The van der Waals surface area contributed by atoms with Gasteiger partial charge in [-0.05, 0) is 24.5 Å². The van der Waals surface area contributed by atoms with Crippen molar-refractivity contribution in [2.24, 2.45) is 5.92 Å². The van der Waals surface area contributed by atoms with Crippen molar-refractivity contribution in [3.63, 3.8) is 0 Å². The highest BCUT2D eigenvalue weighted by Gasteiger charge is 2.06. The molecule has 0 heterocycles. The number of rotatable bonds is 8. The Morgan fingerprint density at radius 3 is 2.67 bits per heavy atom. The van der Waals surface area contributed by atoms with Gasteiger partial charge in [0.2, 0.25) is 5.91 Å². The SMILES string of the molecule is CC(C)CCC(=O)Nc1cccc(OCCS(C)(=O)=O)c1. The zero-order valence-corrected chi connectivity index (χ0v) is 13.6. The number of carbonyl (C=O) groups excluding carboxylic acids is 1. The Hall–Kier alpha value is -1.56. The highest BCUT2D eigenvalue weighted by molar-refractivity contribution is 7.90. The van der Waals surface area contributed by atoms with Crippen molar-refractivity contribution in [1.82, 2.24) is 0 Å². The summed E-state index contributed by atoms with van der Waals surface area (Å²) in [7, 11) is -3.03. The van der Waals surface area contributed by atoms with Gasteiger partial charge in [-0.1, -0.05) is 19.9 Å². The van der Waals surface area contributed by atoms with Crippen LogP contribution in [0.2, 0.25) is 0 Å². The molecule has 21 heavy (non-hydrogen) atoms. The molecule has 1 amide bonds. The van der Waals surface area contributed by atoms with E-state index in [-0.39, 0.29) is 18.3 Å². The van der Waals surface area contributed by atoms with Gasteiger partial charge < -0.3 is 10.1 Å². The van der Waals surface area contributed by atoms with Crippen molar-refractivity contribution >= 4 is 21.4 Å². The summed E-state index contributed by atoms with van der Waals surface area (Å²) in [6.45, 7) is 4.25. The Bertz CT molecular complexity index is 567. The normalized spacial score (nSPS) is 11.4. The van der Waals surface area contributed by atoms with Crippen molar-refractivity contribution < 1.29 is 17.9 Å². The number of nitrogens with one attached hydrogen (secondary N) is 1. The molecule has 0 unspecified atom stereocenters. The van der Waals surface area contributed by atoms with E-state index in [1.165, 1.54) is 6.26 Å². The number of ether oxygens (including phenoxy) is 1. The Morgan fingerprint density at radius 1 is 1.33 bits per heavy atom. The van der Waals surface area contributed by atoms with Crippen LogP contribution in [0.15, 0.2) is 24.3 Å². The lowest BCUT2D eigenvalue weighted by atomic mass is 10.1. The van der Waals surface area contributed by atoms with E-state index in [2.05, 4.69) is 19.2 Å². The zero-order valence-electron chi connectivity index (χ0n) is 12.8. The molecule has 1 N–H and O–H groups in total. The summed E-state index contributed by atoms with van der Waals surface area (Å²) in [6, 6.07) is 6.95. The van der Waals surface area contributed by atoms with Crippen LogP contribution in [0.5, 0.6) is 5.75 Å². The van der Waals surface area contributed by atoms with Crippen LogP contribution in [-0.4, -0.2) is 32.9 Å². The van der Waals surface area contributed by atoms with E-state index in [0.717, 1.165) is 6.42 Å². The van der Waals surface area contributed by atoms with Crippen LogP contribution in [0, 0.1) is 5.92 Å². The molecule has 0 aliphatic rings. The molecule has 0 atom stereocenters. The lowest BCUT2D eigenvalue weighted by Gasteiger charge is -2.09. The van der Waals surface area contributed by atoms with E-state index in [1.807, 2.05) is 0 Å². The maximum Gasteiger partial charge on any atom is 0.224 e. The smallest absolute Gasteiger partial charge is 0.224 e. The van der Waals surface area contributed by atoms with Crippen molar-refractivity contribution in [2.75, 3.05) is 23.9 Å². The third-order valence-electron chi connectivity index (χ3n) is 2.79. The van der Waals surface area contributed by atoms with Gasteiger partial charge in [0.15, 0.2) is 9.84 Å². The second-order valence-corrected chi connectivity index (χ2v) is 7.75. The lowest BCUT2D eigenvalue weighted by Crippen LogP contribution is -2.13. The quantitative estimate of drug-likeness (QED) is 0.800. The van der Waals surface area contributed by atoms with Crippen molar-refractivity contribution in [3.8, 4) is 5.75 Å². The van der Waals surface area contributed by atoms with E-state index in [0.29, 0.717) is 23.8 Å². The summed E-state index contributed by atoms with van der Waals surface area (Å²) in [5, 5.41) is 2.81. The molecule has 118 valence electrons. The van der Waals surface area contributed by atoms with Gasteiger partial charge in [-0.25, -0.2) is 8.42 Å². The van der Waals surface area contributed by atoms with Crippen LogP contribution >= 0.6 is 0 Å². The molecule has 0 saturated carbocycles. The van der Waals surface area contributed by atoms with E-state index in [1.54, 1.807) is 24.3 Å². The fraction of sp³-hybridized carbons (Fsp3) is 0.533. The highest BCUT2D eigenvalue weighted by atomic mass is 32.2. The third kappa shape index (κ3) is 8.34. The molecule has 1 rings (SSSR count). The fourth-order valence-corrected chi connectivity index (χ4v) is 2.00. The summed E-state index contributed by atoms with van der Waals surface area (Å²) in [5.41, 5.74) is 0.653. The number of benzene rings is 1. The summed E-state index contributed by atoms with van der Waals surface area (Å²) in [4.78, 5) is 11.7. The van der Waals surface area contributed by atoms with E-state index >= 15 is 0 Å². The average molecular weight is 313 g/mol. The molecule has 5 nitrogen and oxygen atoms in total. The molecular weight excluding hydrogens is 290 g/mol. The zero-order chi connectivity index (χ0) is 15.9. The second-order valence-electron chi connectivity index (χ2n) is 5.49. The van der Waals surface area contributed by atoms with Gasteiger partial charge in [0, 0.05) is 24.4 Å². The molecule has 0 saturated heterocycles. The Kier molecular flexibility index (Phi) is 6.68. The number of hydrogen-bond donors (Lipinski definition) is 1. The van der Waals surface area contributed by atoms with Gasteiger partial charge in [0.25, 0.3) is 0 Å². The standard InChI is InChI=1S/C15H23NO4S/c1-12(2)7-8-15(17)16-13-5-4-6-14(11-13)20-9-10-21(3,18)19/h4-6,11-12H,7-10H2,1-3H3,(H,16,17). The second kappa shape index (κ2) is 8.02. The Balaban J connectivity index is 2.50. The first-order valence-electron chi connectivity index (χ1n) is 6.97. The number of anilines is 1. The summed E-state index contributed by atoms with van der Waals surface area (Å²) < 4.78 is 27.4. The van der Waals surface area contributed by atoms with Crippen molar-refractivity contribution in [2.45, 2.75) is 26.7 Å². The average Bonchev–Trinajstić information content (AvgIpc) is 2.35. The van der Waals surface area contributed by atoms with Gasteiger partial charge in [-0.15, -0.1) is 0 Å². The topological polar surface area (TPSA) is 72.5 Å². The van der Waals surface area contributed by atoms with Crippen LogP contribution < -0.4 is 10.1 Å². The summed E-state index contributed by atoms with van der Waals surface area (Å²) in [6.07, 6.45) is 2.49. The van der Waals surface area contributed by atoms with Crippen LogP contribution in [0.4, 0.5) is 5.69 Å². The molecule has 1 aromatic carbocycles. The summed E-state index contributed by atoms with van der Waals surface area (Å²) in [5.74, 6) is 0.969. The van der Waals surface area contributed by atoms with E-state index in [9.17, 15) is 13.2 Å².